The first kappa shape index (κ1) is 14.8. The molecule has 1 aromatic rings. The molecule has 4 heteroatoms. The van der Waals surface area contributed by atoms with Gasteiger partial charge in [0, 0.05) is 30.8 Å². The monoisotopic (exact) mass is 282 g/mol. The number of halogens is 1. The molecule has 2 atom stereocenters. The van der Waals surface area contributed by atoms with Crippen molar-refractivity contribution in [1.82, 2.24) is 4.90 Å². The third-order valence-electron chi connectivity index (χ3n) is 3.99. The van der Waals surface area contributed by atoms with Crippen LogP contribution in [0.25, 0.3) is 0 Å². The Bertz CT molecular complexity index is 397. The number of piperidine rings is 1. The molecule has 1 saturated heterocycles. The van der Waals surface area contributed by atoms with Crippen LogP contribution in [0.3, 0.4) is 0 Å². The molecule has 1 heterocycles. The minimum Gasteiger partial charge on any atom is -0.396 e. The fraction of sp³-hybridized carbons (Fsp3) is 0.600. The number of nitrogens with two attached hydrogens (primary N) is 1. The number of benzene rings is 1. The molecule has 0 saturated carbocycles. The van der Waals surface area contributed by atoms with Gasteiger partial charge in [-0.1, -0.05) is 23.7 Å². The maximum Gasteiger partial charge on any atom is 0.0471 e. The molecule has 106 valence electrons. The second-order valence-corrected chi connectivity index (χ2v) is 5.76. The summed E-state index contributed by atoms with van der Waals surface area (Å²) in [6.45, 7) is 2.99. The van der Waals surface area contributed by atoms with Crippen molar-refractivity contribution in [2.45, 2.75) is 25.3 Å². The van der Waals surface area contributed by atoms with E-state index in [4.69, 9.17) is 22.4 Å². The molecule has 1 aromatic carbocycles. The molecular weight excluding hydrogens is 260 g/mol. The van der Waals surface area contributed by atoms with Crippen LogP contribution in [-0.2, 0) is 0 Å². The van der Waals surface area contributed by atoms with E-state index in [-0.39, 0.29) is 12.6 Å². The van der Waals surface area contributed by atoms with Crippen molar-refractivity contribution < 1.29 is 5.11 Å². The van der Waals surface area contributed by atoms with Gasteiger partial charge in [0.1, 0.15) is 0 Å². The summed E-state index contributed by atoms with van der Waals surface area (Å²) < 4.78 is 0. The fourth-order valence-electron chi connectivity index (χ4n) is 3.01. The summed E-state index contributed by atoms with van der Waals surface area (Å²) >= 11 is 6.07. The van der Waals surface area contributed by atoms with Gasteiger partial charge < -0.3 is 10.8 Å². The van der Waals surface area contributed by atoms with Crippen molar-refractivity contribution in [2.24, 2.45) is 11.7 Å². The fourth-order valence-corrected chi connectivity index (χ4v) is 3.21. The lowest BCUT2D eigenvalue weighted by molar-refractivity contribution is 0.110. The van der Waals surface area contributed by atoms with Crippen LogP contribution in [-0.4, -0.2) is 36.2 Å². The normalized spacial score (nSPS) is 22.4. The van der Waals surface area contributed by atoms with Gasteiger partial charge in [-0.15, -0.1) is 0 Å². The Morgan fingerprint density at radius 1 is 1.47 bits per heavy atom. The third-order valence-corrected chi connectivity index (χ3v) is 4.22. The molecule has 3 N–H and O–H groups in total. The van der Waals surface area contributed by atoms with Crippen LogP contribution in [0.2, 0.25) is 5.02 Å². The van der Waals surface area contributed by atoms with Crippen LogP contribution in [0.15, 0.2) is 24.3 Å². The van der Waals surface area contributed by atoms with E-state index in [9.17, 15) is 0 Å². The van der Waals surface area contributed by atoms with Gasteiger partial charge in [0.15, 0.2) is 0 Å². The summed E-state index contributed by atoms with van der Waals surface area (Å²) in [4.78, 5) is 2.44. The van der Waals surface area contributed by atoms with E-state index in [2.05, 4.69) is 11.0 Å². The summed E-state index contributed by atoms with van der Waals surface area (Å²) in [5.74, 6) is 0.590. The second-order valence-electron chi connectivity index (χ2n) is 5.32. The van der Waals surface area contributed by atoms with E-state index in [1.165, 1.54) is 18.4 Å². The van der Waals surface area contributed by atoms with Gasteiger partial charge in [0.2, 0.25) is 0 Å². The molecular formula is C15H23ClN2O. The van der Waals surface area contributed by atoms with Gasteiger partial charge in [0.05, 0.1) is 0 Å². The maximum atomic E-state index is 9.09. The molecule has 0 radical (unpaired) electrons. The van der Waals surface area contributed by atoms with Gasteiger partial charge >= 0.3 is 0 Å². The highest BCUT2D eigenvalue weighted by molar-refractivity contribution is 6.30. The van der Waals surface area contributed by atoms with Crippen molar-refractivity contribution in [3.8, 4) is 0 Å². The molecule has 0 aliphatic carbocycles. The predicted octanol–water partition coefficient (Wildman–Crippen LogP) is 2.43. The zero-order valence-electron chi connectivity index (χ0n) is 11.3. The van der Waals surface area contributed by atoms with E-state index < -0.39 is 0 Å². The maximum absolute atomic E-state index is 9.09. The quantitative estimate of drug-likeness (QED) is 0.872. The van der Waals surface area contributed by atoms with Gasteiger partial charge in [-0.25, -0.2) is 0 Å². The molecule has 3 nitrogen and oxygen atoms in total. The van der Waals surface area contributed by atoms with Gasteiger partial charge in [-0.05, 0) is 49.4 Å². The minimum atomic E-state index is 0.236. The second kappa shape index (κ2) is 7.25. The average Bonchev–Trinajstić information content (AvgIpc) is 2.41. The zero-order valence-corrected chi connectivity index (χ0v) is 12.0. The standard InChI is InChI=1S/C15H23ClN2O/c16-14-5-1-4-13(9-14)15(10-17)18-7-2-3-12(11-18)6-8-19/h1,4-5,9,12,15,19H,2-3,6-8,10-11,17H2. The van der Waals surface area contributed by atoms with Gasteiger partial charge in [0.25, 0.3) is 0 Å². The van der Waals surface area contributed by atoms with Crippen molar-refractivity contribution in [3.63, 3.8) is 0 Å². The molecule has 0 amide bonds. The summed E-state index contributed by atoms with van der Waals surface area (Å²) in [5.41, 5.74) is 7.17. The number of aliphatic hydroxyl groups excluding tert-OH is 1. The van der Waals surface area contributed by atoms with Gasteiger partial charge in [-0.2, -0.15) is 0 Å². The largest absolute Gasteiger partial charge is 0.396 e. The summed E-state index contributed by atoms with van der Waals surface area (Å²) in [7, 11) is 0. The van der Waals surface area contributed by atoms with E-state index in [0.29, 0.717) is 12.5 Å². The SMILES string of the molecule is NCC(c1cccc(Cl)c1)N1CCCC(CCO)C1. The third kappa shape index (κ3) is 3.93. The number of hydrogen-bond donors (Lipinski definition) is 2. The Morgan fingerprint density at radius 3 is 3.00 bits per heavy atom. The van der Waals surface area contributed by atoms with Crippen LogP contribution >= 0.6 is 11.6 Å². The number of hydrogen-bond acceptors (Lipinski definition) is 3. The number of likely N-dealkylation sites (tertiary alicyclic amines) is 1. The first-order chi connectivity index (χ1) is 9.24. The van der Waals surface area contributed by atoms with E-state index in [1.807, 2.05) is 18.2 Å². The molecule has 1 aliphatic heterocycles. The highest BCUT2D eigenvalue weighted by Gasteiger charge is 2.25. The summed E-state index contributed by atoms with van der Waals surface area (Å²) in [5, 5.41) is 9.86. The first-order valence-electron chi connectivity index (χ1n) is 7.05. The Hall–Kier alpha value is -0.610. The summed E-state index contributed by atoms with van der Waals surface area (Å²) in [6.07, 6.45) is 3.29. The van der Waals surface area contributed by atoms with Crippen LogP contribution in [0.4, 0.5) is 0 Å². The van der Waals surface area contributed by atoms with Gasteiger partial charge in [-0.3, -0.25) is 4.90 Å². The van der Waals surface area contributed by atoms with Crippen molar-refractivity contribution >= 4 is 11.6 Å². The Labute approximate surface area is 120 Å². The topological polar surface area (TPSA) is 49.5 Å². The zero-order chi connectivity index (χ0) is 13.7. The lowest BCUT2D eigenvalue weighted by atomic mass is 9.92. The first-order valence-corrected chi connectivity index (χ1v) is 7.43. The lowest BCUT2D eigenvalue weighted by Crippen LogP contribution is -2.41. The molecule has 1 aliphatic rings. The predicted molar refractivity (Wildman–Crippen MR) is 79.2 cm³/mol. The van der Waals surface area contributed by atoms with Crippen molar-refractivity contribution in [3.05, 3.63) is 34.9 Å². The van der Waals surface area contributed by atoms with Crippen LogP contribution in [0.1, 0.15) is 30.9 Å². The highest BCUT2D eigenvalue weighted by atomic mass is 35.5. The van der Waals surface area contributed by atoms with E-state index in [0.717, 1.165) is 24.5 Å². The number of aliphatic hydroxyl groups is 1. The molecule has 19 heavy (non-hydrogen) atoms. The van der Waals surface area contributed by atoms with E-state index >= 15 is 0 Å². The Morgan fingerprint density at radius 2 is 2.32 bits per heavy atom. The molecule has 0 aromatic heterocycles. The summed E-state index contributed by atoms with van der Waals surface area (Å²) in [6, 6.07) is 8.22. The Kier molecular flexibility index (Phi) is 5.64. The van der Waals surface area contributed by atoms with E-state index in [1.54, 1.807) is 0 Å². The number of rotatable bonds is 5. The minimum absolute atomic E-state index is 0.236. The number of nitrogens with zero attached hydrogens (tertiary/aromatic N) is 1. The molecule has 2 rings (SSSR count). The highest BCUT2D eigenvalue weighted by Crippen LogP contribution is 2.28. The molecule has 0 bridgehead atoms. The lowest BCUT2D eigenvalue weighted by Gasteiger charge is -2.38. The average molecular weight is 283 g/mol. The van der Waals surface area contributed by atoms with Crippen molar-refractivity contribution in [2.75, 3.05) is 26.2 Å². The van der Waals surface area contributed by atoms with Crippen LogP contribution in [0, 0.1) is 5.92 Å². The Balaban J connectivity index is 2.08. The van der Waals surface area contributed by atoms with Crippen LogP contribution in [0.5, 0.6) is 0 Å². The molecule has 0 spiro atoms. The molecule has 2 unspecified atom stereocenters. The molecule has 1 fully saturated rings. The smallest absolute Gasteiger partial charge is 0.0471 e. The van der Waals surface area contributed by atoms with Crippen molar-refractivity contribution in [1.29, 1.82) is 0 Å². The van der Waals surface area contributed by atoms with Crippen LogP contribution < -0.4 is 5.73 Å².